The lowest BCUT2D eigenvalue weighted by Crippen LogP contribution is -2.36. The van der Waals surface area contributed by atoms with Crippen LogP contribution in [0.15, 0.2) is 54.7 Å². The average Bonchev–Trinajstić information content (AvgIpc) is 3.09. The van der Waals surface area contributed by atoms with Gasteiger partial charge in [-0.25, -0.2) is 0 Å². The second-order valence-electron chi connectivity index (χ2n) is 6.01. The molecule has 3 rings (SSSR count). The smallest absolute Gasteiger partial charge is 0.253 e. The molecule has 6 heteroatoms. The van der Waals surface area contributed by atoms with Crippen LogP contribution >= 0.6 is 0 Å². The predicted molar refractivity (Wildman–Crippen MR) is 95.2 cm³/mol. The third-order valence-corrected chi connectivity index (χ3v) is 3.94. The number of amides is 1. The van der Waals surface area contributed by atoms with Gasteiger partial charge in [0.15, 0.2) is 0 Å². The van der Waals surface area contributed by atoms with Crippen molar-refractivity contribution >= 4 is 16.8 Å². The van der Waals surface area contributed by atoms with E-state index in [1.807, 2.05) is 36.4 Å². The lowest BCUT2D eigenvalue weighted by molar-refractivity contribution is 0.0137. The number of benzene rings is 2. The maximum Gasteiger partial charge on any atom is 0.253 e. The molecule has 130 valence electrons. The second kappa shape index (κ2) is 7.92. The Morgan fingerprint density at radius 2 is 2.08 bits per heavy atom. The molecule has 2 aromatic carbocycles. The number of hydrogen-bond acceptors (Lipinski definition) is 4. The monoisotopic (exact) mass is 339 g/mol. The number of aliphatic hydroxyl groups excluding tert-OH is 1. The van der Waals surface area contributed by atoms with Crippen molar-refractivity contribution in [2.75, 3.05) is 20.2 Å². The number of hydrogen-bond donors (Lipinski definition) is 2. The van der Waals surface area contributed by atoms with Crippen molar-refractivity contribution in [3.63, 3.8) is 0 Å². The van der Waals surface area contributed by atoms with E-state index in [1.165, 1.54) is 4.90 Å². The first-order valence-corrected chi connectivity index (χ1v) is 8.12. The van der Waals surface area contributed by atoms with E-state index >= 15 is 0 Å². The van der Waals surface area contributed by atoms with Gasteiger partial charge in [0.05, 0.1) is 31.0 Å². The van der Waals surface area contributed by atoms with Crippen LogP contribution in [-0.2, 0) is 11.3 Å². The van der Waals surface area contributed by atoms with Gasteiger partial charge in [0.1, 0.15) is 0 Å². The first kappa shape index (κ1) is 17.1. The number of nitrogens with one attached hydrogen (secondary N) is 1. The van der Waals surface area contributed by atoms with Crippen LogP contribution < -0.4 is 0 Å². The molecule has 1 atom stereocenters. The number of ether oxygens (including phenoxy) is 1. The van der Waals surface area contributed by atoms with Crippen molar-refractivity contribution in [2.45, 2.75) is 12.7 Å². The van der Waals surface area contributed by atoms with E-state index < -0.39 is 6.10 Å². The fourth-order valence-corrected chi connectivity index (χ4v) is 2.63. The zero-order chi connectivity index (χ0) is 17.6. The first-order chi connectivity index (χ1) is 12.1. The van der Waals surface area contributed by atoms with Crippen molar-refractivity contribution < 1.29 is 14.6 Å². The topological polar surface area (TPSA) is 78.5 Å². The molecular weight excluding hydrogens is 318 g/mol. The number of aromatic nitrogens is 2. The lowest BCUT2D eigenvalue weighted by Gasteiger charge is -2.21. The number of carbonyl (C=O) groups excluding carboxylic acids is 1. The summed E-state index contributed by atoms with van der Waals surface area (Å²) in [5.74, 6) is -0.148. The highest BCUT2D eigenvalue weighted by Gasteiger charge is 2.16. The number of aliphatic hydroxyl groups is 1. The molecule has 0 saturated heterocycles. The number of rotatable bonds is 7. The van der Waals surface area contributed by atoms with E-state index in [0.717, 1.165) is 16.5 Å². The van der Waals surface area contributed by atoms with E-state index in [-0.39, 0.29) is 19.1 Å². The van der Waals surface area contributed by atoms with Crippen molar-refractivity contribution in [2.24, 2.45) is 0 Å². The molecule has 1 unspecified atom stereocenters. The Morgan fingerprint density at radius 1 is 1.28 bits per heavy atom. The third kappa shape index (κ3) is 4.43. The summed E-state index contributed by atoms with van der Waals surface area (Å²) in [5, 5.41) is 17.8. The van der Waals surface area contributed by atoms with Gasteiger partial charge in [0.25, 0.3) is 5.91 Å². The molecule has 25 heavy (non-hydrogen) atoms. The molecular formula is C19H21N3O3. The Balaban J connectivity index is 1.50. The quantitative estimate of drug-likeness (QED) is 0.692. The number of H-pyrrole nitrogens is 1. The van der Waals surface area contributed by atoms with Crippen LogP contribution in [0.3, 0.4) is 0 Å². The van der Waals surface area contributed by atoms with Crippen molar-refractivity contribution in [1.29, 1.82) is 0 Å². The molecule has 0 spiro atoms. The van der Waals surface area contributed by atoms with E-state index in [2.05, 4.69) is 10.2 Å². The molecule has 0 radical (unpaired) electrons. The van der Waals surface area contributed by atoms with Crippen LogP contribution in [0.5, 0.6) is 0 Å². The highest BCUT2D eigenvalue weighted by molar-refractivity contribution is 5.97. The van der Waals surface area contributed by atoms with Crippen LogP contribution in [0.25, 0.3) is 10.9 Å². The second-order valence-corrected chi connectivity index (χ2v) is 6.01. The highest BCUT2D eigenvalue weighted by Crippen LogP contribution is 2.14. The molecule has 0 bridgehead atoms. The zero-order valence-electron chi connectivity index (χ0n) is 14.1. The molecule has 0 aliphatic heterocycles. The van der Waals surface area contributed by atoms with Gasteiger partial charge < -0.3 is 14.7 Å². The van der Waals surface area contributed by atoms with Crippen LogP contribution in [0.4, 0.5) is 0 Å². The lowest BCUT2D eigenvalue weighted by atomic mass is 10.1. The molecule has 1 amide bonds. The number of nitrogens with zero attached hydrogens (tertiary/aromatic N) is 2. The maximum absolute atomic E-state index is 12.5. The Hall–Kier alpha value is -2.70. The van der Waals surface area contributed by atoms with Gasteiger partial charge in [-0.1, -0.05) is 30.3 Å². The van der Waals surface area contributed by atoms with Crippen molar-refractivity contribution in [1.82, 2.24) is 15.1 Å². The molecule has 0 saturated carbocycles. The van der Waals surface area contributed by atoms with E-state index in [0.29, 0.717) is 12.2 Å². The molecule has 1 heterocycles. The van der Waals surface area contributed by atoms with Crippen LogP contribution in [0.2, 0.25) is 0 Å². The minimum atomic E-state index is -0.740. The Labute approximate surface area is 146 Å². The minimum absolute atomic E-state index is 0.148. The summed E-state index contributed by atoms with van der Waals surface area (Å²) in [5.41, 5.74) is 2.50. The molecule has 0 aliphatic carbocycles. The van der Waals surface area contributed by atoms with Gasteiger partial charge in [0.2, 0.25) is 0 Å². The minimum Gasteiger partial charge on any atom is -0.389 e. The highest BCUT2D eigenvalue weighted by atomic mass is 16.5. The van der Waals surface area contributed by atoms with E-state index in [9.17, 15) is 9.90 Å². The summed E-state index contributed by atoms with van der Waals surface area (Å²) in [4.78, 5) is 14.0. The maximum atomic E-state index is 12.5. The zero-order valence-corrected chi connectivity index (χ0v) is 14.1. The number of fused-ring (bicyclic) bond motifs is 1. The van der Waals surface area contributed by atoms with Crippen LogP contribution in [0.1, 0.15) is 15.9 Å². The molecule has 2 N–H and O–H groups in total. The molecule has 1 aromatic heterocycles. The summed E-state index contributed by atoms with van der Waals surface area (Å²) in [7, 11) is 1.67. The summed E-state index contributed by atoms with van der Waals surface area (Å²) < 4.78 is 5.51. The van der Waals surface area contributed by atoms with Gasteiger partial charge in [-0.15, -0.1) is 0 Å². The summed E-state index contributed by atoms with van der Waals surface area (Å²) in [6, 6.07) is 15.1. The van der Waals surface area contributed by atoms with E-state index in [4.69, 9.17) is 4.74 Å². The first-order valence-electron chi connectivity index (χ1n) is 8.12. The molecule has 0 aliphatic rings. The van der Waals surface area contributed by atoms with Gasteiger partial charge in [0, 0.05) is 24.5 Å². The summed E-state index contributed by atoms with van der Waals surface area (Å²) in [6.45, 7) is 0.817. The normalized spacial score (nSPS) is 12.2. The van der Waals surface area contributed by atoms with Crippen molar-refractivity contribution in [3.05, 3.63) is 65.9 Å². The SMILES string of the molecule is CN(CC(O)COCc1ccccc1)C(=O)c1ccc2[nH]ncc2c1. The fourth-order valence-electron chi connectivity index (χ4n) is 2.63. The Bertz CT molecular complexity index is 832. The standard InChI is InChI=1S/C19H21N3O3/c1-22(11-17(23)13-25-12-14-5-3-2-4-6-14)19(24)15-7-8-18-16(9-15)10-20-21-18/h2-10,17,23H,11-13H2,1H3,(H,20,21). The summed E-state index contributed by atoms with van der Waals surface area (Å²) in [6.07, 6.45) is 0.939. The van der Waals surface area contributed by atoms with Crippen LogP contribution in [0, 0.1) is 0 Å². The predicted octanol–water partition coefficient (Wildman–Crippen LogP) is 2.21. The van der Waals surface area contributed by atoms with Gasteiger partial charge in [-0.05, 0) is 23.8 Å². The van der Waals surface area contributed by atoms with Gasteiger partial charge >= 0.3 is 0 Å². The van der Waals surface area contributed by atoms with Crippen molar-refractivity contribution in [3.8, 4) is 0 Å². The number of carbonyl (C=O) groups is 1. The number of likely N-dealkylation sites (N-methyl/N-ethyl adjacent to an activating group) is 1. The number of aromatic amines is 1. The third-order valence-electron chi connectivity index (χ3n) is 3.94. The van der Waals surface area contributed by atoms with Crippen LogP contribution in [-0.4, -0.2) is 52.4 Å². The van der Waals surface area contributed by atoms with Gasteiger partial charge in [-0.2, -0.15) is 5.10 Å². The van der Waals surface area contributed by atoms with Gasteiger partial charge in [-0.3, -0.25) is 9.89 Å². The van der Waals surface area contributed by atoms with E-state index in [1.54, 1.807) is 25.4 Å². The Morgan fingerprint density at radius 3 is 2.88 bits per heavy atom. The Kier molecular flexibility index (Phi) is 5.42. The largest absolute Gasteiger partial charge is 0.389 e. The summed E-state index contributed by atoms with van der Waals surface area (Å²) >= 11 is 0. The fraction of sp³-hybridized carbons (Fsp3) is 0.263. The molecule has 3 aromatic rings. The average molecular weight is 339 g/mol. The molecule has 6 nitrogen and oxygen atoms in total. The molecule has 0 fully saturated rings.